The zero-order chi connectivity index (χ0) is 23.0. The molecule has 2 aromatic heterocycles. The van der Waals surface area contributed by atoms with E-state index in [1.165, 1.54) is 18.4 Å². The number of halogens is 1. The molecule has 0 radical (unpaired) electrons. The number of ether oxygens (including phenoxy) is 1. The molecule has 0 atom stereocenters. The number of hydrogen-bond donors (Lipinski definition) is 2. The molecule has 2 heterocycles. The number of carbonyl (C=O) groups is 1. The summed E-state index contributed by atoms with van der Waals surface area (Å²) in [6.07, 6.45) is 0. The van der Waals surface area contributed by atoms with Gasteiger partial charge in [-0.05, 0) is 62.3 Å². The normalized spacial score (nSPS) is 10.9. The maximum absolute atomic E-state index is 12.8. The Kier molecular flexibility index (Phi) is 6.22. The van der Waals surface area contributed by atoms with Gasteiger partial charge in [0.2, 0.25) is 4.96 Å². The molecule has 4 aromatic rings. The van der Waals surface area contributed by atoms with E-state index in [0.29, 0.717) is 11.3 Å². The molecule has 0 saturated heterocycles. The van der Waals surface area contributed by atoms with E-state index < -0.39 is 0 Å². The number of carbonyl (C=O) groups excluding carboxylic acids is 1. The summed E-state index contributed by atoms with van der Waals surface area (Å²) in [4.78, 5) is 13.6. The van der Waals surface area contributed by atoms with E-state index in [1.54, 1.807) is 10.6 Å². The van der Waals surface area contributed by atoms with Crippen LogP contribution in [-0.2, 0) is 0 Å². The number of anilines is 1. The van der Waals surface area contributed by atoms with Crippen molar-refractivity contribution in [2.75, 3.05) is 12.4 Å². The van der Waals surface area contributed by atoms with Gasteiger partial charge in [0, 0.05) is 15.7 Å². The number of rotatable bonds is 4. The number of nitrogens with zero attached hydrogens (tertiary/aromatic N) is 4. The van der Waals surface area contributed by atoms with Gasteiger partial charge in [-0.15, -0.1) is 10.2 Å². The van der Waals surface area contributed by atoms with E-state index in [-0.39, 0.29) is 11.0 Å². The van der Waals surface area contributed by atoms with Crippen molar-refractivity contribution in [3.8, 4) is 16.3 Å². The monoisotopic (exact) mass is 530 g/mol. The lowest BCUT2D eigenvalue weighted by molar-refractivity contribution is 0.0974. The maximum atomic E-state index is 12.8. The molecular formula is C21H19BrN6O2S2. The highest BCUT2D eigenvalue weighted by molar-refractivity contribution is 9.10. The molecule has 2 N–H and O–H groups in total. The third kappa shape index (κ3) is 4.23. The fraction of sp³-hybridized carbons (Fsp3) is 0.190. The number of nitrogens with one attached hydrogen (secondary N) is 2. The number of aromatic nitrogens is 4. The van der Waals surface area contributed by atoms with E-state index in [1.807, 2.05) is 45.0 Å². The van der Waals surface area contributed by atoms with Crippen LogP contribution in [0.15, 0.2) is 34.8 Å². The lowest BCUT2D eigenvalue weighted by Gasteiger charge is -2.15. The van der Waals surface area contributed by atoms with E-state index in [2.05, 4.69) is 41.9 Å². The van der Waals surface area contributed by atoms with Crippen molar-refractivity contribution in [1.29, 1.82) is 0 Å². The minimum atomic E-state index is -0.360. The average Bonchev–Trinajstić information content (AvgIpc) is 3.31. The predicted molar refractivity (Wildman–Crippen MR) is 133 cm³/mol. The van der Waals surface area contributed by atoms with Crippen molar-refractivity contribution in [1.82, 2.24) is 25.1 Å². The molecule has 0 unspecified atom stereocenters. The minimum absolute atomic E-state index is 0.184. The molecule has 32 heavy (non-hydrogen) atoms. The number of thiocarbonyl (C=S) groups is 1. The quantitative estimate of drug-likeness (QED) is 0.370. The summed E-state index contributed by atoms with van der Waals surface area (Å²) in [5, 5.41) is 19.6. The van der Waals surface area contributed by atoms with Gasteiger partial charge in [0.1, 0.15) is 10.8 Å². The number of amides is 1. The fourth-order valence-corrected chi connectivity index (χ4v) is 5.06. The Labute approximate surface area is 202 Å². The van der Waals surface area contributed by atoms with Gasteiger partial charge in [-0.3, -0.25) is 10.1 Å². The fourth-order valence-electron chi connectivity index (χ4n) is 3.32. The predicted octanol–water partition coefficient (Wildman–Crippen LogP) is 4.68. The lowest BCUT2D eigenvalue weighted by Crippen LogP contribution is -2.34. The van der Waals surface area contributed by atoms with Crippen LogP contribution in [-0.4, -0.2) is 37.9 Å². The molecule has 0 saturated carbocycles. The molecule has 8 nitrogen and oxygen atoms in total. The molecule has 0 aliphatic carbocycles. The maximum Gasteiger partial charge on any atom is 0.261 e. The number of aryl methyl sites for hydroxylation is 2. The smallest absolute Gasteiger partial charge is 0.261 e. The van der Waals surface area contributed by atoms with Crippen LogP contribution in [0.4, 0.5) is 5.69 Å². The molecule has 0 bridgehead atoms. The number of hydrogen-bond acceptors (Lipinski definition) is 7. The van der Waals surface area contributed by atoms with Crippen LogP contribution < -0.4 is 15.4 Å². The highest BCUT2D eigenvalue weighted by atomic mass is 79.9. The Morgan fingerprint density at radius 1 is 1.22 bits per heavy atom. The molecule has 0 spiro atoms. The molecule has 164 valence electrons. The van der Waals surface area contributed by atoms with Gasteiger partial charge in [0.05, 0.1) is 12.7 Å². The van der Waals surface area contributed by atoms with Gasteiger partial charge in [0.15, 0.2) is 10.9 Å². The van der Waals surface area contributed by atoms with Gasteiger partial charge < -0.3 is 10.1 Å². The molecule has 11 heteroatoms. The Bertz CT molecular complexity index is 1360. The van der Waals surface area contributed by atoms with Gasteiger partial charge in [-0.1, -0.05) is 39.4 Å². The first-order valence-corrected chi connectivity index (χ1v) is 11.6. The van der Waals surface area contributed by atoms with Crippen LogP contribution in [0.3, 0.4) is 0 Å². The number of fused-ring (bicyclic) bond motifs is 1. The summed E-state index contributed by atoms with van der Waals surface area (Å²) in [5.41, 5.74) is 3.90. The third-order valence-electron chi connectivity index (χ3n) is 4.87. The van der Waals surface area contributed by atoms with E-state index in [9.17, 15) is 4.79 Å². The van der Waals surface area contributed by atoms with E-state index in [0.717, 1.165) is 42.6 Å². The largest absolute Gasteiger partial charge is 0.496 e. The van der Waals surface area contributed by atoms with Crippen molar-refractivity contribution < 1.29 is 9.53 Å². The standard InChI is InChI=1S/C21H19BrN6O2S2/c1-10-8-13(22)9-15(17(10)30-4)18(29)24-20(31)23-16-7-5-6-14(11(16)2)19-27-28-12(3)25-26-21(28)32-19/h5-9H,1-4H3,(H2,23,24,29,31). The summed E-state index contributed by atoms with van der Waals surface area (Å²) >= 11 is 10.3. The second kappa shape index (κ2) is 8.93. The summed E-state index contributed by atoms with van der Waals surface area (Å²) in [5.74, 6) is 0.878. The number of benzene rings is 2. The molecule has 0 aliphatic rings. The van der Waals surface area contributed by atoms with E-state index >= 15 is 0 Å². The van der Waals surface area contributed by atoms with Crippen LogP contribution in [0.25, 0.3) is 15.5 Å². The zero-order valence-corrected chi connectivity index (χ0v) is 20.9. The van der Waals surface area contributed by atoms with Gasteiger partial charge in [-0.2, -0.15) is 9.61 Å². The zero-order valence-electron chi connectivity index (χ0n) is 17.7. The van der Waals surface area contributed by atoms with Gasteiger partial charge in [0.25, 0.3) is 5.91 Å². The first-order valence-electron chi connectivity index (χ1n) is 9.53. The second-order valence-electron chi connectivity index (χ2n) is 7.04. The average molecular weight is 531 g/mol. The molecule has 2 aromatic carbocycles. The summed E-state index contributed by atoms with van der Waals surface area (Å²) < 4.78 is 7.90. The Morgan fingerprint density at radius 3 is 2.72 bits per heavy atom. The van der Waals surface area contributed by atoms with Crippen LogP contribution in [0, 0.1) is 20.8 Å². The second-order valence-corrected chi connectivity index (χ2v) is 9.32. The van der Waals surface area contributed by atoms with Gasteiger partial charge in [-0.25, -0.2) is 0 Å². The summed E-state index contributed by atoms with van der Waals surface area (Å²) in [7, 11) is 1.53. The number of methoxy groups -OCH3 is 1. The summed E-state index contributed by atoms with van der Waals surface area (Å²) in [6, 6.07) is 9.37. The highest BCUT2D eigenvalue weighted by Crippen LogP contribution is 2.32. The van der Waals surface area contributed by atoms with E-state index in [4.69, 9.17) is 17.0 Å². The first kappa shape index (κ1) is 22.3. The Hall–Kier alpha value is -2.89. The minimum Gasteiger partial charge on any atom is -0.496 e. The SMILES string of the molecule is COc1c(C)cc(Br)cc1C(=O)NC(=S)Nc1cccc(-c2nn3c(C)nnc3s2)c1C. The first-order chi connectivity index (χ1) is 15.3. The van der Waals surface area contributed by atoms with Crippen molar-refractivity contribution in [2.45, 2.75) is 20.8 Å². The van der Waals surface area contributed by atoms with Crippen molar-refractivity contribution in [3.63, 3.8) is 0 Å². The highest BCUT2D eigenvalue weighted by Gasteiger charge is 2.18. The van der Waals surface area contributed by atoms with Gasteiger partial charge >= 0.3 is 0 Å². The van der Waals surface area contributed by atoms with Crippen LogP contribution in [0.5, 0.6) is 5.75 Å². The van der Waals surface area contributed by atoms with Crippen LogP contribution >= 0.6 is 39.5 Å². The molecule has 1 amide bonds. The summed E-state index contributed by atoms with van der Waals surface area (Å²) in [6.45, 7) is 5.70. The van der Waals surface area contributed by atoms with Crippen molar-refractivity contribution in [2.24, 2.45) is 0 Å². The van der Waals surface area contributed by atoms with Crippen molar-refractivity contribution >= 4 is 61.2 Å². The Balaban J connectivity index is 1.55. The lowest BCUT2D eigenvalue weighted by atomic mass is 10.1. The molecule has 4 rings (SSSR count). The van der Waals surface area contributed by atoms with Crippen molar-refractivity contribution in [3.05, 3.63) is 57.3 Å². The topological polar surface area (TPSA) is 93.4 Å². The molecule has 0 aliphatic heterocycles. The van der Waals surface area contributed by atoms with Crippen LogP contribution in [0.2, 0.25) is 0 Å². The Morgan fingerprint density at radius 2 is 2.00 bits per heavy atom. The molecular weight excluding hydrogens is 512 g/mol. The third-order valence-corrected chi connectivity index (χ3v) is 6.47. The van der Waals surface area contributed by atoms with Crippen LogP contribution in [0.1, 0.15) is 27.3 Å². The molecule has 0 fully saturated rings.